The zero-order chi connectivity index (χ0) is 15.4. The van der Waals surface area contributed by atoms with Crippen molar-refractivity contribution < 1.29 is 4.39 Å². The second kappa shape index (κ2) is 6.85. The fourth-order valence-corrected chi connectivity index (χ4v) is 2.70. The second-order valence-corrected chi connectivity index (χ2v) is 5.38. The number of halogens is 1. The quantitative estimate of drug-likeness (QED) is 0.868. The largest absolute Gasteiger partial charge is 0.310 e. The summed E-state index contributed by atoms with van der Waals surface area (Å²) < 4.78 is 15.7. The Morgan fingerprint density at radius 3 is 2.71 bits per heavy atom. The summed E-state index contributed by atoms with van der Waals surface area (Å²) >= 11 is 0. The van der Waals surface area contributed by atoms with E-state index in [4.69, 9.17) is 0 Å². The predicted molar refractivity (Wildman–Crippen MR) is 84.7 cm³/mol. The van der Waals surface area contributed by atoms with Crippen LogP contribution in [-0.4, -0.2) is 16.3 Å². The molecular weight excluding hydrogens is 265 g/mol. The Hall–Kier alpha value is -1.68. The SMILES string of the molecule is CCCn1ncc(-c2cc(F)ccc2C(C)NCC)c1C. The minimum Gasteiger partial charge on any atom is -0.310 e. The predicted octanol–water partition coefficient (Wildman–Crippen LogP) is 4.08. The van der Waals surface area contributed by atoms with Gasteiger partial charge in [0.25, 0.3) is 0 Å². The Kier molecular flexibility index (Phi) is 5.12. The molecule has 2 rings (SSSR count). The topological polar surface area (TPSA) is 29.9 Å². The van der Waals surface area contributed by atoms with Gasteiger partial charge in [-0.05, 0) is 50.1 Å². The van der Waals surface area contributed by atoms with Crippen molar-refractivity contribution >= 4 is 0 Å². The van der Waals surface area contributed by atoms with Crippen LogP contribution >= 0.6 is 0 Å². The van der Waals surface area contributed by atoms with Crippen LogP contribution in [0.3, 0.4) is 0 Å². The molecule has 2 aromatic rings. The summed E-state index contributed by atoms with van der Waals surface area (Å²) in [7, 11) is 0. The average Bonchev–Trinajstić information content (AvgIpc) is 2.81. The van der Waals surface area contributed by atoms with Gasteiger partial charge in [0.2, 0.25) is 0 Å². The number of nitrogens with zero attached hydrogens (tertiary/aromatic N) is 2. The van der Waals surface area contributed by atoms with Gasteiger partial charge < -0.3 is 5.32 Å². The van der Waals surface area contributed by atoms with E-state index in [1.54, 1.807) is 6.07 Å². The van der Waals surface area contributed by atoms with E-state index in [-0.39, 0.29) is 11.9 Å². The molecule has 0 aliphatic rings. The van der Waals surface area contributed by atoms with Crippen LogP contribution in [0.4, 0.5) is 4.39 Å². The lowest BCUT2D eigenvalue weighted by molar-refractivity contribution is 0.586. The minimum atomic E-state index is -0.208. The second-order valence-electron chi connectivity index (χ2n) is 5.38. The molecular formula is C17H24FN3. The highest BCUT2D eigenvalue weighted by atomic mass is 19.1. The molecule has 1 aromatic carbocycles. The van der Waals surface area contributed by atoms with Gasteiger partial charge in [-0.2, -0.15) is 5.10 Å². The molecule has 21 heavy (non-hydrogen) atoms. The number of rotatable bonds is 6. The highest BCUT2D eigenvalue weighted by Crippen LogP contribution is 2.31. The molecule has 0 radical (unpaired) electrons. The molecule has 0 fully saturated rings. The van der Waals surface area contributed by atoms with E-state index in [9.17, 15) is 4.39 Å². The molecule has 1 unspecified atom stereocenters. The van der Waals surface area contributed by atoms with Crippen molar-refractivity contribution in [2.75, 3.05) is 6.54 Å². The maximum atomic E-state index is 13.7. The normalized spacial score (nSPS) is 12.6. The Balaban J connectivity index is 2.49. The summed E-state index contributed by atoms with van der Waals surface area (Å²) in [5.41, 5.74) is 4.15. The molecule has 4 heteroatoms. The molecule has 0 bridgehead atoms. The first-order valence-corrected chi connectivity index (χ1v) is 7.64. The van der Waals surface area contributed by atoms with Gasteiger partial charge in [0.1, 0.15) is 5.82 Å². The first kappa shape index (κ1) is 15.7. The number of hydrogen-bond acceptors (Lipinski definition) is 2. The third-order valence-corrected chi connectivity index (χ3v) is 3.82. The number of nitrogens with one attached hydrogen (secondary N) is 1. The Labute approximate surface area is 126 Å². The maximum Gasteiger partial charge on any atom is 0.123 e. The lowest BCUT2D eigenvalue weighted by Crippen LogP contribution is -2.18. The Bertz CT molecular complexity index is 604. The smallest absolute Gasteiger partial charge is 0.123 e. The zero-order valence-corrected chi connectivity index (χ0v) is 13.3. The summed E-state index contributed by atoms with van der Waals surface area (Å²) in [4.78, 5) is 0. The van der Waals surface area contributed by atoms with Crippen molar-refractivity contribution in [1.29, 1.82) is 0 Å². The van der Waals surface area contributed by atoms with Crippen molar-refractivity contribution in [3.05, 3.63) is 41.5 Å². The van der Waals surface area contributed by atoms with Crippen LogP contribution in [-0.2, 0) is 6.54 Å². The zero-order valence-electron chi connectivity index (χ0n) is 13.3. The molecule has 0 amide bonds. The summed E-state index contributed by atoms with van der Waals surface area (Å²) in [5.74, 6) is -0.208. The molecule has 1 aromatic heterocycles. The summed E-state index contributed by atoms with van der Waals surface area (Å²) in [6, 6.07) is 5.19. The lowest BCUT2D eigenvalue weighted by Gasteiger charge is -2.17. The number of hydrogen-bond donors (Lipinski definition) is 1. The van der Waals surface area contributed by atoms with Crippen molar-refractivity contribution in [1.82, 2.24) is 15.1 Å². The molecule has 1 heterocycles. The fourth-order valence-electron chi connectivity index (χ4n) is 2.70. The van der Waals surface area contributed by atoms with Crippen molar-refractivity contribution in [3.8, 4) is 11.1 Å². The third kappa shape index (κ3) is 3.32. The van der Waals surface area contributed by atoms with Gasteiger partial charge in [-0.1, -0.05) is 19.9 Å². The highest BCUT2D eigenvalue weighted by molar-refractivity contribution is 5.69. The third-order valence-electron chi connectivity index (χ3n) is 3.82. The summed E-state index contributed by atoms with van der Waals surface area (Å²) in [6.45, 7) is 10.1. The van der Waals surface area contributed by atoms with E-state index in [0.29, 0.717) is 0 Å². The maximum absolute atomic E-state index is 13.7. The van der Waals surface area contributed by atoms with E-state index in [1.807, 2.05) is 23.9 Å². The number of aryl methyl sites for hydroxylation is 1. The van der Waals surface area contributed by atoms with Gasteiger partial charge in [0.15, 0.2) is 0 Å². The van der Waals surface area contributed by atoms with Crippen LogP contribution in [0.5, 0.6) is 0 Å². The first-order valence-electron chi connectivity index (χ1n) is 7.64. The molecule has 0 saturated heterocycles. The molecule has 0 saturated carbocycles. The van der Waals surface area contributed by atoms with Crippen molar-refractivity contribution in [2.45, 2.75) is 46.7 Å². The fraction of sp³-hybridized carbons (Fsp3) is 0.471. The molecule has 1 atom stereocenters. The van der Waals surface area contributed by atoms with Crippen molar-refractivity contribution in [2.24, 2.45) is 0 Å². The average molecular weight is 289 g/mol. The van der Waals surface area contributed by atoms with Gasteiger partial charge in [-0.25, -0.2) is 4.39 Å². The van der Waals surface area contributed by atoms with Gasteiger partial charge in [0, 0.05) is 23.8 Å². The van der Waals surface area contributed by atoms with Crippen molar-refractivity contribution in [3.63, 3.8) is 0 Å². The minimum absolute atomic E-state index is 0.180. The summed E-state index contributed by atoms with van der Waals surface area (Å²) in [6.07, 6.45) is 2.88. The standard InChI is InChI=1S/C17H24FN3/c1-5-9-21-13(4)17(11-20-21)16-10-14(18)7-8-15(16)12(3)19-6-2/h7-8,10-12,19H,5-6,9H2,1-4H3. The number of benzene rings is 1. The van der Waals surface area contributed by atoms with E-state index in [2.05, 4.69) is 31.2 Å². The Morgan fingerprint density at radius 1 is 1.29 bits per heavy atom. The lowest BCUT2D eigenvalue weighted by atomic mass is 9.95. The molecule has 114 valence electrons. The molecule has 1 N–H and O–H groups in total. The number of aromatic nitrogens is 2. The van der Waals surface area contributed by atoms with Crippen LogP contribution in [0.15, 0.2) is 24.4 Å². The molecule has 3 nitrogen and oxygen atoms in total. The van der Waals surface area contributed by atoms with Crippen LogP contribution in [0.2, 0.25) is 0 Å². The van der Waals surface area contributed by atoms with Gasteiger partial charge >= 0.3 is 0 Å². The van der Waals surface area contributed by atoms with E-state index < -0.39 is 0 Å². The van der Waals surface area contributed by atoms with Gasteiger partial charge in [-0.15, -0.1) is 0 Å². The van der Waals surface area contributed by atoms with E-state index >= 15 is 0 Å². The molecule has 0 spiro atoms. The van der Waals surface area contributed by atoms with Gasteiger partial charge in [0.05, 0.1) is 6.20 Å². The molecule has 0 aliphatic carbocycles. The van der Waals surface area contributed by atoms with Crippen LogP contribution in [0, 0.1) is 12.7 Å². The Morgan fingerprint density at radius 2 is 2.05 bits per heavy atom. The van der Waals surface area contributed by atoms with Crippen LogP contribution < -0.4 is 5.32 Å². The highest BCUT2D eigenvalue weighted by Gasteiger charge is 2.16. The van der Waals surface area contributed by atoms with E-state index in [0.717, 1.165) is 41.9 Å². The first-order chi connectivity index (χ1) is 10.1. The van der Waals surface area contributed by atoms with Gasteiger partial charge in [-0.3, -0.25) is 4.68 Å². The van der Waals surface area contributed by atoms with Crippen LogP contribution in [0.25, 0.3) is 11.1 Å². The monoisotopic (exact) mass is 289 g/mol. The van der Waals surface area contributed by atoms with E-state index in [1.165, 1.54) is 6.07 Å². The van der Waals surface area contributed by atoms with Crippen LogP contribution in [0.1, 0.15) is 44.5 Å². The summed E-state index contributed by atoms with van der Waals surface area (Å²) in [5, 5.41) is 7.82. The molecule has 0 aliphatic heterocycles.